The molecule has 11 aromatic rings. The molecule has 0 radical (unpaired) electrons. The van der Waals surface area contributed by atoms with E-state index in [2.05, 4.69) is 157 Å². The van der Waals surface area contributed by atoms with E-state index in [4.69, 9.17) is 0 Å². The smallest absolute Gasteiger partial charge is 0.254 e. The van der Waals surface area contributed by atoms with Crippen LogP contribution < -0.4 is 32.8 Å². The highest BCUT2D eigenvalue weighted by atomic mass is 15.1. The van der Waals surface area contributed by atoms with Gasteiger partial charge in [-0.3, -0.25) is 0 Å². The fraction of sp³-hybridized carbons (Fsp3) is 0.160. The minimum atomic E-state index is 0.00976. The summed E-state index contributed by atoms with van der Waals surface area (Å²) in [6.45, 7) is 14.4. The molecule has 16 rings (SSSR count). The quantitative estimate of drug-likeness (QED) is 0.114. The van der Waals surface area contributed by atoms with E-state index in [9.17, 15) is 0 Å². The Balaban J connectivity index is 1.31. The Hall–Kier alpha value is -6.13. The SMILES string of the molecule is CC(C)(C)c1ccc2c(c1)B1c3cc(C(C)(C)C)ccc3-n3c4cccc5c6ccc7c8c6n(c6c9c%10c(c1c63)n-2c1cccc2c3ccc-7c(c3n%10c21)B89)c54. The van der Waals surface area contributed by atoms with Crippen LogP contribution in [0.3, 0.4) is 0 Å². The number of aromatic nitrogens is 4. The van der Waals surface area contributed by atoms with Gasteiger partial charge in [0.2, 0.25) is 0 Å². The Morgan fingerprint density at radius 1 is 0.393 bits per heavy atom. The van der Waals surface area contributed by atoms with E-state index >= 15 is 0 Å². The number of para-hydroxylation sites is 2. The molecule has 0 bridgehead atoms. The lowest BCUT2D eigenvalue weighted by molar-refractivity contribution is 0.590. The van der Waals surface area contributed by atoms with E-state index in [1.54, 1.807) is 0 Å². The van der Waals surface area contributed by atoms with Crippen molar-refractivity contribution in [2.45, 2.75) is 52.4 Å². The highest BCUT2D eigenvalue weighted by molar-refractivity contribution is 7.06. The van der Waals surface area contributed by atoms with E-state index in [-0.39, 0.29) is 24.3 Å². The van der Waals surface area contributed by atoms with E-state index in [1.165, 1.54) is 143 Å². The second-order valence-electron chi connectivity index (χ2n) is 19.7. The van der Waals surface area contributed by atoms with E-state index in [0.717, 1.165) is 0 Å². The third-order valence-corrected chi connectivity index (χ3v) is 15.1. The molecule has 5 aliphatic rings. The van der Waals surface area contributed by atoms with Crippen LogP contribution in [0.5, 0.6) is 0 Å². The van der Waals surface area contributed by atoms with Crippen LogP contribution in [0.25, 0.3) is 99.2 Å². The molecule has 6 heteroatoms. The number of fused-ring (bicyclic) bond motifs is 11. The number of nitrogens with zero attached hydrogens (tertiary/aromatic N) is 4. The molecule has 0 N–H and O–H groups in total. The molecule has 0 saturated carbocycles. The lowest BCUT2D eigenvalue weighted by Crippen LogP contribution is -2.62. The van der Waals surface area contributed by atoms with Crippen molar-refractivity contribution in [2.75, 3.05) is 0 Å². The summed E-state index contributed by atoms with van der Waals surface area (Å²) >= 11 is 0. The van der Waals surface area contributed by atoms with Gasteiger partial charge in [-0.2, -0.15) is 0 Å². The van der Waals surface area contributed by atoms with Crippen molar-refractivity contribution in [1.29, 1.82) is 0 Å². The molecule has 0 aliphatic carbocycles. The molecule has 56 heavy (non-hydrogen) atoms. The summed E-state index contributed by atoms with van der Waals surface area (Å²) < 4.78 is 10.9. The summed E-state index contributed by atoms with van der Waals surface area (Å²) in [4.78, 5) is 0. The molecule has 0 unspecified atom stereocenters. The predicted octanol–water partition coefficient (Wildman–Crippen LogP) is 7.55. The van der Waals surface area contributed by atoms with Crippen molar-refractivity contribution in [3.05, 3.63) is 108 Å². The third-order valence-electron chi connectivity index (χ3n) is 15.1. The Kier molecular flexibility index (Phi) is 4.07. The van der Waals surface area contributed by atoms with Crippen molar-refractivity contribution in [3.63, 3.8) is 0 Å². The molecule has 4 nitrogen and oxygen atoms in total. The summed E-state index contributed by atoms with van der Waals surface area (Å²) in [6.07, 6.45) is 0. The summed E-state index contributed by atoms with van der Waals surface area (Å²) in [5.41, 5.74) is 30.8. The molecule has 5 aliphatic heterocycles. The standard InChI is InChI=1S/C50H34B2N4/c1-49(2,3)23-13-19-33-31(21-23)51-32-22-24(50(4,5)6)14-20-34(32)54-36-12-8-10-28-30-18-16-26-25-15-17-29-27-9-7-11-35-41(27)55-43(29)37(25)52-38(26)44(30)56(42(28)36)48-40(52)47(55)45(53(33)35)39(51)46(48)54/h7-22H,1-6H3. The second kappa shape index (κ2) is 8.06. The molecule has 0 amide bonds. The first-order valence-electron chi connectivity index (χ1n) is 20.5. The monoisotopic (exact) mass is 712 g/mol. The molecule has 4 aromatic heterocycles. The molecular formula is C50H34B2N4. The van der Waals surface area contributed by atoms with Crippen molar-refractivity contribution in [1.82, 2.24) is 17.9 Å². The molecular weight excluding hydrogens is 678 g/mol. The molecule has 0 spiro atoms. The van der Waals surface area contributed by atoms with Gasteiger partial charge in [0.1, 0.15) is 0 Å². The van der Waals surface area contributed by atoms with E-state index in [1.807, 2.05) is 0 Å². The van der Waals surface area contributed by atoms with Crippen molar-refractivity contribution in [2.24, 2.45) is 0 Å². The van der Waals surface area contributed by atoms with Crippen LogP contribution in [0.1, 0.15) is 52.7 Å². The number of benzene rings is 7. The van der Waals surface area contributed by atoms with Crippen LogP contribution in [0, 0.1) is 0 Å². The normalized spacial score (nSPS) is 15.2. The van der Waals surface area contributed by atoms with E-state index in [0.29, 0.717) is 0 Å². The topological polar surface area (TPSA) is 18.7 Å². The van der Waals surface area contributed by atoms with Gasteiger partial charge in [0.05, 0.1) is 55.2 Å². The predicted molar refractivity (Wildman–Crippen MR) is 238 cm³/mol. The maximum absolute atomic E-state index is 2.75. The zero-order valence-electron chi connectivity index (χ0n) is 32.2. The molecule has 7 aromatic carbocycles. The average Bonchev–Trinajstić information content (AvgIpc) is 3.83. The minimum Gasteiger partial charge on any atom is -0.307 e. The van der Waals surface area contributed by atoms with Gasteiger partial charge in [-0.15, -0.1) is 0 Å². The van der Waals surface area contributed by atoms with Crippen LogP contribution >= 0.6 is 0 Å². The molecule has 260 valence electrons. The highest BCUT2D eigenvalue weighted by Gasteiger charge is 2.50. The third kappa shape index (κ3) is 2.58. The van der Waals surface area contributed by atoms with Crippen LogP contribution in [0.2, 0.25) is 0 Å². The lowest BCUT2D eigenvalue weighted by atomic mass is 9.32. The Labute approximate surface area is 322 Å². The summed E-state index contributed by atoms with van der Waals surface area (Å²) in [5.74, 6) is 0. The van der Waals surface area contributed by atoms with Crippen LogP contribution in [-0.2, 0) is 10.8 Å². The summed E-state index contributed by atoms with van der Waals surface area (Å²) in [6, 6.07) is 38.9. The second-order valence-corrected chi connectivity index (χ2v) is 19.7. The van der Waals surface area contributed by atoms with Gasteiger partial charge in [0, 0.05) is 32.9 Å². The van der Waals surface area contributed by atoms with Crippen molar-refractivity contribution < 1.29 is 0 Å². The number of hydrogen-bond acceptors (Lipinski definition) is 0. The van der Waals surface area contributed by atoms with Gasteiger partial charge in [0.25, 0.3) is 13.4 Å². The maximum atomic E-state index is 2.75. The first-order chi connectivity index (χ1) is 27.1. The maximum Gasteiger partial charge on any atom is 0.254 e. The van der Waals surface area contributed by atoms with Crippen molar-refractivity contribution in [3.8, 4) is 22.5 Å². The fourth-order valence-electron chi connectivity index (χ4n) is 12.9. The lowest BCUT2D eigenvalue weighted by Gasteiger charge is -2.40. The average molecular weight is 712 g/mol. The molecule has 0 saturated heterocycles. The Bertz CT molecular complexity index is 3650. The molecule has 0 atom stereocenters. The summed E-state index contributed by atoms with van der Waals surface area (Å²) in [5, 5.41) is 5.47. The van der Waals surface area contributed by atoms with Gasteiger partial charge >= 0.3 is 0 Å². The van der Waals surface area contributed by atoms with E-state index < -0.39 is 0 Å². The van der Waals surface area contributed by atoms with Crippen LogP contribution in [0.4, 0.5) is 0 Å². The first-order valence-corrected chi connectivity index (χ1v) is 20.5. The number of hydrogen-bond donors (Lipinski definition) is 0. The Morgan fingerprint density at radius 2 is 0.839 bits per heavy atom. The zero-order valence-corrected chi connectivity index (χ0v) is 32.2. The van der Waals surface area contributed by atoms with Gasteiger partial charge < -0.3 is 17.9 Å². The number of rotatable bonds is 0. The van der Waals surface area contributed by atoms with Gasteiger partial charge in [-0.1, -0.05) is 114 Å². The largest absolute Gasteiger partial charge is 0.307 e. The van der Waals surface area contributed by atoms with Crippen LogP contribution in [0.15, 0.2) is 97.1 Å². The summed E-state index contributed by atoms with van der Waals surface area (Å²) in [7, 11) is 0. The first kappa shape index (κ1) is 28.3. The zero-order chi connectivity index (χ0) is 36.8. The van der Waals surface area contributed by atoms with Crippen LogP contribution in [-0.4, -0.2) is 31.4 Å². The van der Waals surface area contributed by atoms with Crippen molar-refractivity contribution >= 4 is 123 Å². The molecule has 9 heterocycles. The Morgan fingerprint density at radius 3 is 1.30 bits per heavy atom. The fourth-order valence-corrected chi connectivity index (χ4v) is 12.9. The minimum absolute atomic E-state index is 0.00976. The van der Waals surface area contributed by atoms with Gasteiger partial charge in [0.15, 0.2) is 0 Å². The van der Waals surface area contributed by atoms with Gasteiger partial charge in [-0.05, 0) is 90.1 Å². The highest BCUT2D eigenvalue weighted by Crippen LogP contribution is 2.48. The van der Waals surface area contributed by atoms with Gasteiger partial charge in [-0.25, -0.2) is 0 Å². The molecule has 0 fully saturated rings.